The van der Waals surface area contributed by atoms with Gasteiger partial charge in [-0.15, -0.1) is 0 Å². The summed E-state index contributed by atoms with van der Waals surface area (Å²) in [6.45, 7) is -0.0485. The van der Waals surface area contributed by atoms with Crippen LogP contribution in [0, 0.1) is 17.6 Å². The predicted octanol–water partition coefficient (Wildman–Crippen LogP) is 4.24. The molecule has 2 aromatic carbocycles. The van der Waals surface area contributed by atoms with Crippen LogP contribution in [0.1, 0.15) is 29.7 Å². The van der Waals surface area contributed by atoms with Crippen molar-refractivity contribution in [2.75, 3.05) is 7.11 Å². The Morgan fingerprint density at radius 3 is 2.65 bits per heavy atom. The third-order valence-electron chi connectivity index (χ3n) is 5.58. The van der Waals surface area contributed by atoms with Crippen LogP contribution in [0.2, 0.25) is 0 Å². The highest BCUT2D eigenvalue weighted by molar-refractivity contribution is 5.78. The number of aromatic nitrogens is 2. The maximum atomic E-state index is 13.8. The van der Waals surface area contributed by atoms with Gasteiger partial charge in [-0.05, 0) is 43.9 Å². The Morgan fingerprint density at radius 1 is 1.10 bits per heavy atom. The Hall–Kier alpha value is -3.35. The van der Waals surface area contributed by atoms with Gasteiger partial charge >= 0.3 is 0 Å². The minimum atomic E-state index is -0.538. The fourth-order valence-electron chi connectivity index (χ4n) is 3.89. The molecule has 0 bridgehead atoms. The Balaban J connectivity index is 1.48. The monoisotopic (exact) mass is 423 g/mol. The number of benzene rings is 2. The zero-order valence-corrected chi connectivity index (χ0v) is 17.2. The normalized spacial score (nSPS) is 15.6. The Labute approximate surface area is 179 Å². The summed E-state index contributed by atoms with van der Waals surface area (Å²) in [5, 5.41) is 2.74. The molecule has 160 valence electrons. The fraction of sp³-hybridized carbons (Fsp3) is 0.292. The van der Waals surface area contributed by atoms with Gasteiger partial charge < -0.3 is 10.1 Å². The molecule has 1 atom stereocenters. The van der Waals surface area contributed by atoms with Crippen molar-refractivity contribution in [3.63, 3.8) is 0 Å². The second kappa shape index (κ2) is 9.20. The minimum absolute atomic E-state index is 0.0485. The van der Waals surface area contributed by atoms with Gasteiger partial charge in [0.15, 0.2) is 5.82 Å². The van der Waals surface area contributed by atoms with E-state index in [9.17, 15) is 13.6 Å². The van der Waals surface area contributed by atoms with E-state index in [1.807, 2.05) is 30.3 Å². The second-order valence-electron chi connectivity index (χ2n) is 7.58. The standard InChI is InChI=1S/C24H23F2N3O2/c1-31-24-19-10-7-16(23(30)27-14-17-13-18(25)9-11-20(17)26)8-12-21(19)28-22(29-24)15-5-3-2-4-6-15/h2-6,9,11,13,16H,7-8,10,12,14H2,1H3,(H,27,30). The number of fused-ring (bicyclic) bond motifs is 1. The average molecular weight is 423 g/mol. The highest BCUT2D eigenvalue weighted by atomic mass is 19.1. The van der Waals surface area contributed by atoms with E-state index >= 15 is 0 Å². The molecule has 1 N–H and O–H groups in total. The van der Waals surface area contributed by atoms with Crippen molar-refractivity contribution in [3.05, 3.63) is 77.0 Å². The lowest BCUT2D eigenvalue weighted by molar-refractivity contribution is -0.125. The van der Waals surface area contributed by atoms with Crippen LogP contribution in [-0.4, -0.2) is 23.0 Å². The number of halogens is 2. The molecule has 4 rings (SSSR count). The first-order valence-corrected chi connectivity index (χ1v) is 10.3. The van der Waals surface area contributed by atoms with Gasteiger partial charge in [-0.25, -0.2) is 13.8 Å². The maximum Gasteiger partial charge on any atom is 0.223 e. The molecule has 0 saturated carbocycles. The summed E-state index contributed by atoms with van der Waals surface area (Å²) in [4.78, 5) is 22.0. The van der Waals surface area contributed by atoms with E-state index in [4.69, 9.17) is 9.72 Å². The molecule has 1 heterocycles. The van der Waals surface area contributed by atoms with E-state index in [0.29, 0.717) is 37.4 Å². The van der Waals surface area contributed by atoms with Crippen LogP contribution >= 0.6 is 0 Å². The number of ether oxygens (including phenoxy) is 1. The van der Waals surface area contributed by atoms with E-state index in [2.05, 4.69) is 10.3 Å². The third kappa shape index (κ3) is 4.71. The Bertz CT molecular complexity index is 1090. The van der Waals surface area contributed by atoms with Gasteiger partial charge in [-0.2, -0.15) is 4.98 Å². The highest BCUT2D eigenvalue weighted by Crippen LogP contribution is 2.31. The minimum Gasteiger partial charge on any atom is -0.481 e. The van der Waals surface area contributed by atoms with E-state index in [1.165, 1.54) is 0 Å². The fourth-order valence-corrected chi connectivity index (χ4v) is 3.89. The van der Waals surface area contributed by atoms with E-state index in [1.54, 1.807) is 7.11 Å². The summed E-state index contributed by atoms with van der Waals surface area (Å²) < 4.78 is 32.7. The van der Waals surface area contributed by atoms with Crippen LogP contribution in [0.4, 0.5) is 8.78 Å². The highest BCUT2D eigenvalue weighted by Gasteiger charge is 2.26. The molecule has 1 aliphatic rings. The molecule has 0 spiro atoms. The summed E-state index contributed by atoms with van der Waals surface area (Å²) in [6.07, 6.45) is 2.44. The maximum absolute atomic E-state index is 13.8. The first kappa shape index (κ1) is 20.9. The van der Waals surface area contributed by atoms with Crippen molar-refractivity contribution < 1.29 is 18.3 Å². The smallest absolute Gasteiger partial charge is 0.223 e. The molecule has 1 unspecified atom stereocenters. The molecule has 0 radical (unpaired) electrons. The van der Waals surface area contributed by atoms with Crippen LogP contribution in [0.25, 0.3) is 11.4 Å². The van der Waals surface area contributed by atoms with Gasteiger partial charge in [0.25, 0.3) is 0 Å². The summed E-state index contributed by atoms with van der Waals surface area (Å²) in [6, 6.07) is 12.9. The number of nitrogens with one attached hydrogen (secondary N) is 1. The molecule has 0 saturated heterocycles. The largest absolute Gasteiger partial charge is 0.481 e. The van der Waals surface area contributed by atoms with Gasteiger partial charge in [0.1, 0.15) is 11.6 Å². The SMILES string of the molecule is COc1nc(-c2ccccc2)nc2c1CCC(C(=O)NCc1cc(F)ccc1F)CC2. The zero-order valence-electron chi connectivity index (χ0n) is 17.2. The molecule has 0 aliphatic heterocycles. The number of hydrogen-bond acceptors (Lipinski definition) is 4. The van der Waals surface area contributed by atoms with Crippen molar-refractivity contribution in [3.8, 4) is 17.3 Å². The number of amides is 1. The zero-order chi connectivity index (χ0) is 21.8. The first-order valence-electron chi connectivity index (χ1n) is 10.3. The lowest BCUT2D eigenvalue weighted by Gasteiger charge is -2.14. The molecule has 5 nitrogen and oxygen atoms in total. The predicted molar refractivity (Wildman–Crippen MR) is 112 cm³/mol. The third-order valence-corrected chi connectivity index (χ3v) is 5.58. The van der Waals surface area contributed by atoms with E-state index in [0.717, 1.165) is 35.0 Å². The number of hydrogen-bond donors (Lipinski definition) is 1. The molecule has 7 heteroatoms. The van der Waals surface area contributed by atoms with Crippen LogP contribution < -0.4 is 10.1 Å². The first-order chi connectivity index (χ1) is 15.0. The topological polar surface area (TPSA) is 64.1 Å². The molecular weight excluding hydrogens is 400 g/mol. The van der Waals surface area contributed by atoms with Crippen LogP contribution in [-0.2, 0) is 24.2 Å². The molecule has 1 aromatic heterocycles. The van der Waals surface area contributed by atoms with Crippen molar-refractivity contribution >= 4 is 5.91 Å². The average Bonchev–Trinajstić information content (AvgIpc) is 3.02. The quantitative estimate of drug-likeness (QED) is 0.624. The number of aryl methyl sites for hydroxylation is 1. The lowest BCUT2D eigenvalue weighted by Crippen LogP contribution is -2.30. The van der Waals surface area contributed by atoms with Crippen LogP contribution in [0.15, 0.2) is 48.5 Å². The molecule has 1 aliphatic carbocycles. The molecule has 1 amide bonds. The number of rotatable bonds is 5. The van der Waals surface area contributed by atoms with Crippen molar-refractivity contribution in [2.24, 2.45) is 5.92 Å². The summed E-state index contributed by atoms with van der Waals surface area (Å²) in [5.74, 6) is -0.367. The number of methoxy groups -OCH3 is 1. The van der Waals surface area contributed by atoms with Gasteiger partial charge in [-0.3, -0.25) is 4.79 Å². The molecule has 0 fully saturated rings. The molecular formula is C24H23F2N3O2. The molecule has 31 heavy (non-hydrogen) atoms. The lowest BCUT2D eigenvalue weighted by atomic mass is 9.98. The van der Waals surface area contributed by atoms with Gasteiger partial charge in [0.2, 0.25) is 11.8 Å². The van der Waals surface area contributed by atoms with E-state index < -0.39 is 11.6 Å². The Morgan fingerprint density at radius 2 is 1.87 bits per heavy atom. The Kier molecular flexibility index (Phi) is 6.21. The molecule has 3 aromatic rings. The van der Waals surface area contributed by atoms with Crippen molar-refractivity contribution in [1.82, 2.24) is 15.3 Å². The van der Waals surface area contributed by atoms with Gasteiger partial charge in [0.05, 0.1) is 12.8 Å². The number of carbonyl (C=O) groups excluding carboxylic acids is 1. The number of carbonyl (C=O) groups is 1. The van der Waals surface area contributed by atoms with Crippen LogP contribution in [0.5, 0.6) is 5.88 Å². The van der Waals surface area contributed by atoms with Crippen LogP contribution in [0.3, 0.4) is 0 Å². The van der Waals surface area contributed by atoms with E-state index in [-0.39, 0.29) is 23.9 Å². The summed E-state index contributed by atoms with van der Waals surface area (Å²) in [5.41, 5.74) is 2.84. The van der Waals surface area contributed by atoms with Gasteiger partial charge in [0, 0.05) is 29.2 Å². The van der Waals surface area contributed by atoms with Gasteiger partial charge in [-0.1, -0.05) is 30.3 Å². The van der Waals surface area contributed by atoms with Crippen molar-refractivity contribution in [2.45, 2.75) is 32.2 Å². The van der Waals surface area contributed by atoms with Crippen molar-refractivity contribution in [1.29, 1.82) is 0 Å². The summed E-state index contributed by atoms with van der Waals surface area (Å²) >= 11 is 0. The number of nitrogens with zero attached hydrogens (tertiary/aromatic N) is 2. The summed E-state index contributed by atoms with van der Waals surface area (Å²) in [7, 11) is 1.58. The second-order valence-corrected chi connectivity index (χ2v) is 7.58.